The maximum absolute atomic E-state index is 12.8. The van der Waals surface area contributed by atoms with E-state index in [4.69, 9.17) is 16.2 Å². The molecule has 2 atom stereocenters. The molecular formula is C30H37N5O4. The molecule has 2 aromatic carbocycles. The van der Waals surface area contributed by atoms with Gasteiger partial charge in [0.1, 0.15) is 12.1 Å². The minimum Gasteiger partial charge on any atom is -0.467 e. The molecule has 206 valence electrons. The first-order valence-electron chi connectivity index (χ1n) is 13.2. The fourth-order valence-electron chi connectivity index (χ4n) is 4.63. The van der Waals surface area contributed by atoms with Gasteiger partial charge in [0, 0.05) is 17.5 Å². The third-order valence-electron chi connectivity index (χ3n) is 6.65. The second-order valence-corrected chi connectivity index (χ2v) is 9.69. The van der Waals surface area contributed by atoms with Crippen molar-refractivity contribution < 1.29 is 19.1 Å². The Morgan fingerprint density at radius 3 is 2.23 bits per heavy atom. The highest BCUT2D eigenvalue weighted by molar-refractivity contribution is 5.91. The third-order valence-corrected chi connectivity index (χ3v) is 6.65. The minimum absolute atomic E-state index is 0.168. The normalized spacial score (nSPS) is 14.6. The summed E-state index contributed by atoms with van der Waals surface area (Å²) in [6.45, 7) is -0.318. The lowest BCUT2D eigenvalue weighted by molar-refractivity contribution is -0.145. The second kappa shape index (κ2) is 15.2. The first kappa shape index (κ1) is 29.2. The molecule has 9 nitrogen and oxygen atoms in total. The molecule has 0 spiro atoms. The van der Waals surface area contributed by atoms with Crippen LogP contribution >= 0.6 is 0 Å². The Morgan fingerprint density at radius 2 is 1.62 bits per heavy atom. The van der Waals surface area contributed by atoms with Crippen molar-refractivity contribution in [3.05, 3.63) is 71.3 Å². The van der Waals surface area contributed by atoms with Crippen LogP contribution in [0.1, 0.15) is 55.2 Å². The summed E-state index contributed by atoms with van der Waals surface area (Å²) in [6, 6.07) is 15.4. The summed E-state index contributed by atoms with van der Waals surface area (Å²) in [5.41, 5.74) is 13.6. The summed E-state index contributed by atoms with van der Waals surface area (Å²) >= 11 is 0. The highest BCUT2D eigenvalue weighted by Gasteiger charge is 2.26. The molecule has 2 amide bonds. The standard InChI is InChI=1S/C30H37N5O4/c1-39-29(38)26(19-24-16-14-22(15-17-24)13-12-21-8-4-2-5-9-21)34-27(36)20-33-28(37)25(35-30(31)32)18-23-10-6-3-7-11-23/h2,4-5,8-9,14-17,23,25-26H,3,6-7,10-11,18-20H2,1H3,(H,33,37)(H,34,36)(H4,31,32,35). The molecule has 0 heterocycles. The average molecular weight is 532 g/mol. The number of ether oxygens (including phenoxy) is 1. The molecule has 1 aliphatic rings. The minimum atomic E-state index is -0.920. The summed E-state index contributed by atoms with van der Waals surface area (Å²) in [5, 5.41) is 5.25. The number of benzene rings is 2. The van der Waals surface area contributed by atoms with Crippen LogP contribution in [-0.2, 0) is 25.5 Å². The molecule has 39 heavy (non-hydrogen) atoms. The van der Waals surface area contributed by atoms with Crippen LogP contribution in [0.15, 0.2) is 59.6 Å². The second-order valence-electron chi connectivity index (χ2n) is 9.69. The van der Waals surface area contributed by atoms with E-state index in [0.29, 0.717) is 12.3 Å². The van der Waals surface area contributed by atoms with Crippen LogP contribution in [0.4, 0.5) is 0 Å². The number of nitrogens with zero attached hydrogens (tertiary/aromatic N) is 1. The van der Waals surface area contributed by atoms with Gasteiger partial charge in [-0.15, -0.1) is 0 Å². The van der Waals surface area contributed by atoms with Crippen molar-refractivity contribution in [2.45, 2.75) is 57.0 Å². The van der Waals surface area contributed by atoms with Gasteiger partial charge in [-0.3, -0.25) is 9.59 Å². The van der Waals surface area contributed by atoms with Crippen LogP contribution in [0.2, 0.25) is 0 Å². The lowest BCUT2D eigenvalue weighted by Gasteiger charge is -2.24. The zero-order chi connectivity index (χ0) is 28.0. The summed E-state index contributed by atoms with van der Waals surface area (Å²) in [6.07, 6.45) is 6.27. The predicted octanol–water partition coefficient (Wildman–Crippen LogP) is 2.02. The van der Waals surface area contributed by atoms with E-state index in [9.17, 15) is 14.4 Å². The number of rotatable bonds is 10. The zero-order valence-electron chi connectivity index (χ0n) is 22.3. The van der Waals surface area contributed by atoms with E-state index in [2.05, 4.69) is 27.5 Å². The van der Waals surface area contributed by atoms with Gasteiger partial charge in [-0.25, -0.2) is 9.79 Å². The molecule has 2 unspecified atom stereocenters. The Bertz CT molecular complexity index is 1190. The number of carbonyl (C=O) groups is 3. The summed E-state index contributed by atoms with van der Waals surface area (Å²) in [5.74, 6) is 4.87. The van der Waals surface area contributed by atoms with Crippen molar-refractivity contribution in [3.8, 4) is 11.8 Å². The molecule has 2 aromatic rings. The molecule has 3 rings (SSSR count). The highest BCUT2D eigenvalue weighted by Crippen LogP contribution is 2.28. The Morgan fingerprint density at radius 1 is 0.974 bits per heavy atom. The van der Waals surface area contributed by atoms with Crippen LogP contribution < -0.4 is 22.1 Å². The molecule has 0 bridgehead atoms. The van der Waals surface area contributed by atoms with Crippen LogP contribution in [0.5, 0.6) is 0 Å². The smallest absolute Gasteiger partial charge is 0.328 e. The SMILES string of the molecule is COC(=O)C(Cc1ccc(C#Cc2ccccc2)cc1)NC(=O)CNC(=O)C(CC1CCCCC1)N=C(N)N. The molecule has 1 saturated carbocycles. The molecule has 0 aromatic heterocycles. The molecule has 1 fully saturated rings. The highest BCUT2D eigenvalue weighted by atomic mass is 16.5. The number of nitrogens with two attached hydrogens (primary N) is 2. The summed E-state index contributed by atoms with van der Waals surface area (Å²) < 4.78 is 4.88. The topological polar surface area (TPSA) is 149 Å². The molecule has 9 heteroatoms. The fraction of sp³-hybridized carbons (Fsp3) is 0.400. The maximum Gasteiger partial charge on any atom is 0.328 e. The number of nitrogens with one attached hydrogen (secondary N) is 2. The van der Waals surface area contributed by atoms with E-state index in [1.807, 2.05) is 54.6 Å². The lowest BCUT2D eigenvalue weighted by atomic mass is 9.85. The Hall–Kier alpha value is -4.32. The van der Waals surface area contributed by atoms with E-state index in [1.165, 1.54) is 13.5 Å². The van der Waals surface area contributed by atoms with Crippen molar-refractivity contribution in [2.75, 3.05) is 13.7 Å². The molecule has 0 saturated heterocycles. The van der Waals surface area contributed by atoms with Gasteiger partial charge in [-0.2, -0.15) is 0 Å². The van der Waals surface area contributed by atoms with Gasteiger partial charge in [-0.05, 0) is 42.2 Å². The number of aliphatic imine (C=N–C) groups is 1. The van der Waals surface area contributed by atoms with Crippen molar-refractivity contribution in [1.82, 2.24) is 10.6 Å². The molecule has 0 radical (unpaired) electrons. The van der Waals surface area contributed by atoms with Crippen molar-refractivity contribution in [2.24, 2.45) is 22.4 Å². The number of esters is 1. The van der Waals surface area contributed by atoms with E-state index < -0.39 is 29.9 Å². The first-order chi connectivity index (χ1) is 18.8. The van der Waals surface area contributed by atoms with Gasteiger partial charge < -0.3 is 26.8 Å². The van der Waals surface area contributed by atoms with Crippen molar-refractivity contribution in [3.63, 3.8) is 0 Å². The van der Waals surface area contributed by atoms with Crippen LogP contribution in [0.3, 0.4) is 0 Å². The van der Waals surface area contributed by atoms with Gasteiger partial charge >= 0.3 is 5.97 Å². The third kappa shape index (κ3) is 10.2. The Kier molecular flexibility index (Phi) is 11.4. The van der Waals surface area contributed by atoms with E-state index in [1.54, 1.807) is 0 Å². The molecule has 6 N–H and O–H groups in total. The number of guanidine groups is 1. The predicted molar refractivity (Wildman–Crippen MR) is 150 cm³/mol. The van der Waals surface area contributed by atoms with Gasteiger partial charge in [-0.1, -0.05) is 74.3 Å². The average Bonchev–Trinajstić information content (AvgIpc) is 2.95. The quantitative estimate of drug-likeness (QED) is 0.160. The van der Waals surface area contributed by atoms with Crippen molar-refractivity contribution in [1.29, 1.82) is 0 Å². The van der Waals surface area contributed by atoms with Gasteiger partial charge in [0.2, 0.25) is 11.8 Å². The molecular weight excluding hydrogens is 494 g/mol. The largest absolute Gasteiger partial charge is 0.467 e. The molecule has 0 aliphatic heterocycles. The van der Waals surface area contributed by atoms with E-state index in [-0.39, 0.29) is 18.9 Å². The number of hydrogen-bond donors (Lipinski definition) is 4. The van der Waals surface area contributed by atoms with Crippen molar-refractivity contribution >= 4 is 23.7 Å². The summed E-state index contributed by atoms with van der Waals surface area (Å²) in [7, 11) is 1.26. The number of hydrogen-bond acceptors (Lipinski definition) is 5. The number of carbonyl (C=O) groups excluding carboxylic acids is 3. The summed E-state index contributed by atoms with van der Waals surface area (Å²) in [4.78, 5) is 41.9. The van der Waals surface area contributed by atoms with E-state index in [0.717, 1.165) is 42.4 Å². The monoisotopic (exact) mass is 531 g/mol. The van der Waals surface area contributed by atoms with E-state index >= 15 is 0 Å². The molecule has 1 aliphatic carbocycles. The van der Waals surface area contributed by atoms with Gasteiger partial charge in [0.25, 0.3) is 0 Å². The number of methoxy groups -OCH3 is 1. The van der Waals surface area contributed by atoms with Gasteiger partial charge in [0.05, 0.1) is 13.7 Å². The van der Waals surface area contributed by atoms with Crippen LogP contribution in [0, 0.1) is 17.8 Å². The maximum atomic E-state index is 12.8. The van der Waals surface area contributed by atoms with Crippen LogP contribution in [-0.4, -0.2) is 49.5 Å². The van der Waals surface area contributed by atoms with Gasteiger partial charge in [0.15, 0.2) is 5.96 Å². The Labute approximate surface area is 229 Å². The number of amides is 2. The first-order valence-corrected chi connectivity index (χ1v) is 13.2. The van der Waals surface area contributed by atoms with Crippen LogP contribution in [0.25, 0.3) is 0 Å². The zero-order valence-corrected chi connectivity index (χ0v) is 22.3. The lowest BCUT2D eigenvalue weighted by Crippen LogP contribution is -2.48. The Balaban J connectivity index is 1.55. The fourth-order valence-corrected chi connectivity index (χ4v) is 4.63.